The van der Waals surface area contributed by atoms with Gasteiger partial charge in [0.15, 0.2) is 5.78 Å². The molecule has 0 atom stereocenters. The van der Waals surface area contributed by atoms with E-state index >= 15 is 0 Å². The van der Waals surface area contributed by atoms with Crippen molar-refractivity contribution in [2.24, 2.45) is 0 Å². The average Bonchev–Trinajstić information content (AvgIpc) is 2.67. The predicted molar refractivity (Wildman–Crippen MR) is 91.8 cm³/mol. The molecule has 8 heteroatoms. The first-order valence-corrected chi connectivity index (χ1v) is 9.98. The number of nitrogens with one attached hydrogen (secondary N) is 1. The molecule has 0 saturated carbocycles. The smallest absolute Gasteiger partial charge is 0.270 e. The fraction of sp³-hybridized carbons (Fsp3) is 0.625. The first-order chi connectivity index (χ1) is 11.2. The zero-order valence-electron chi connectivity index (χ0n) is 14.7. The van der Waals surface area contributed by atoms with Gasteiger partial charge in [-0.25, -0.2) is 12.7 Å². The molecule has 1 amide bonds. The Bertz CT molecular complexity index is 752. The van der Waals surface area contributed by atoms with Gasteiger partial charge >= 0.3 is 0 Å². The monoisotopic (exact) mass is 355 g/mol. The van der Waals surface area contributed by atoms with Crippen LogP contribution in [-0.2, 0) is 16.4 Å². The van der Waals surface area contributed by atoms with Crippen molar-refractivity contribution in [2.45, 2.75) is 33.6 Å². The number of hydrogen-bond acceptors (Lipinski definition) is 4. The number of aromatic amines is 1. The number of hydrogen-bond donors (Lipinski definition) is 1. The van der Waals surface area contributed by atoms with Crippen LogP contribution in [0.5, 0.6) is 0 Å². The molecule has 24 heavy (non-hydrogen) atoms. The third-order valence-electron chi connectivity index (χ3n) is 4.42. The van der Waals surface area contributed by atoms with E-state index in [-0.39, 0.29) is 11.7 Å². The molecule has 134 valence electrons. The zero-order chi connectivity index (χ0) is 18.1. The number of sulfonamides is 1. The lowest BCUT2D eigenvalue weighted by atomic mass is 10.0. The second-order valence-corrected chi connectivity index (χ2v) is 8.18. The highest BCUT2D eigenvalue weighted by Crippen LogP contribution is 2.22. The maximum absolute atomic E-state index is 12.9. The van der Waals surface area contributed by atoms with E-state index in [1.54, 1.807) is 11.8 Å². The van der Waals surface area contributed by atoms with Crippen molar-refractivity contribution in [1.82, 2.24) is 14.2 Å². The third kappa shape index (κ3) is 3.70. The van der Waals surface area contributed by atoms with Crippen LogP contribution in [0.25, 0.3) is 0 Å². The fourth-order valence-electron chi connectivity index (χ4n) is 3.28. The zero-order valence-corrected chi connectivity index (χ0v) is 15.5. The molecule has 0 unspecified atom stereocenters. The molecule has 1 N–H and O–H groups in total. The number of aromatic nitrogens is 1. The molecular formula is C16H25N3O4S. The summed E-state index contributed by atoms with van der Waals surface area (Å²) in [4.78, 5) is 29.5. The van der Waals surface area contributed by atoms with Crippen molar-refractivity contribution in [1.29, 1.82) is 0 Å². The summed E-state index contributed by atoms with van der Waals surface area (Å²) in [6.45, 7) is 6.78. The summed E-state index contributed by atoms with van der Waals surface area (Å²) in [7, 11) is -3.25. The lowest BCUT2D eigenvalue weighted by molar-refractivity contribution is 0.0758. The summed E-state index contributed by atoms with van der Waals surface area (Å²) in [5.74, 6) is -0.225. The first kappa shape index (κ1) is 18.7. The Labute approximate surface area is 143 Å². The molecule has 0 aromatic carbocycles. The minimum atomic E-state index is -3.25. The van der Waals surface area contributed by atoms with Crippen LogP contribution in [-0.4, -0.2) is 66.7 Å². The van der Waals surface area contributed by atoms with Crippen molar-refractivity contribution < 1.29 is 18.0 Å². The normalized spacial score (nSPS) is 16.9. The second-order valence-electron chi connectivity index (χ2n) is 6.20. The van der Waals surface area contributed by atoms with Gasteiger partial charge in [-0.3, -0.25) is 9.59 Å². The summed E-state index contributed by atoms with van der Waals surface area (Å²) in [5, 5.41) is 0. The van der Waals surface area contributed by atoms with Crippen molar-refractivity contribution in [3.05, 3.63) is 22.5 Å². The molecule has 0 radical (unpaired) electrons. The highest BCUT2D eigenvalue weighted by atomic mass is 32.2. The maximum atomic E-state index is 12.9. The van der Waals surface area contributed by atoms with Gasteiger partial charge in [0, 0.05) is 37.4 Å². The standard InChI is InChI=1S/C16H25N3O4S/c1-5-13-14(12(3)20)11(2)17-15(13)16(21)18-7-6-8-19(10-9-18)24(4,22)23/h17H,5-10H2,1-4H3. The summed E-state index contributed by atoms with van der Waals surface area (Å²) >= 11 is 0. The molecule has 7 nitrogen and oxygen atoms in total. The molecule has 1 saturated heterocycles. The molecule has 1 aromatic heterocycles. The summed E-state index contributed by atoms with van der Waals surface area (Å²) in [5.41, 5.74) is 2.49. The largest absolute Gasteiger partial charge is 0.354 e. The summed E-state index contributed by atoms with van der Waals surface area (Å²) in [6, 6.07) is 0. The van der Waals surface area contributed by atoms with E-state index in [2.05, 4.69) is 4.98 Å². The van der Waals surface area contributed by atoms with Crippen LogP contribution in [0.3, 0.4) is 0 Å². The molecule has 1 aliphatic heterocycles. The molecule has 1 aliphatic rings. The Kier molecular flexibility index (Phi) is 5.49. The molecule has 0 aliphatic carbocycles. The lowest BCUT2D eigenvalue weighted by Crippen LogP contribution is -2.37. The number of rotatable bonds is 4. The fourth-order valence-corrected chi connectivity index (χ4v) is 4.15. The number of carbonyl (C=O) groups excluding carboxylic acids is 2. The number of nitrogens with zero attached hydrogens (tertiary/aromatic N) is 2. The van der Waals surface area contributed by atoms with E-state index in [1.165, 1.54) is 17.5 Å². The highest BCUT2D eigenvalue weighted by molar-refractivity contribution is 7.88. The van der Waals surface area contributed by atoms with Crippen molar-refractivity contribution >= 4 is 21.7 Å². The van der Waals surface area contributed by atoms with E-state index in [9.17, 15) is 18.0 Å². The van der Waals surface area contributed by atoms with Crippen molar-refractivity contribution in [3.8, 4) is 0 Å². The van der Waals surface area contributed by atoms with E-state index in [4.69, 9.17) is 0 Å². The van der Waals surface area contributed by atoms with E-state index in [0.717, 1.165) is 5.56 Å². The maximum Gasteiger partial charge on any atom is 0.270 e. The van der Waals surface area contributed by atoms with Gasteiger partial charge < -0.3 is 9.88 Å². The second kappa shape index (κ2) is 7.06. The van der Waals surface area contributed by atoms with Gasteiger partial charge in [0.1, 0.15) is 5.69 Å². The molecule has 1 aromatic rings. The van der Waals surface area contributed by atoms with Crippen LogP contribution in [0.2, 0.25) is 0 Å². The number of Topliss-reactive ketones (excluding diaryl/α,β-unsaturated/α-hetero) is 1. The number of carbonyl (C=O) groups is 2. The quantitative estimate of drug-likeness (QED) is 0.822. The van der Waals surface area contributed by atoms with Gasteiger partial charge in [-0.15, -0.1) is 0 Å². The SMILES string of the molecule is CCc1c(C(=O)N2CCCN(S(C)(=O)=O)CC2)[nH]c(C)c1C(C)=O. The average molecular weight is 355 g/mol. The van der Waals surface area contributed by atoms with Crippen LogP contribution in [0.4, 0.5) is 0 Å². The van der Waals surface area contributed by atoms with Crippen LogP contribution >= 0.6 is 0 Å². The van der Waals surface area contributed by atoms with Gasteiger partial charge in [0.05, 0.1) is 6.26 Å². The Balaban J connectivity index is 2.27. The molecule has 2 rings (SSSR count). The van der Waals surface area contributed by atoms with Gasteiger partial charge in [0.25, 0.3) is 5.91 Å². The lowest BCUT2D eigenvalue weighted by Gasteiger charge is -2.21. The van der Waals surface area contributed by atoms with Crippen molar-refractivity contribution in [3.63, 3.8) is 0 Å². The van der Waals surface area contributed by atoms with Crippen molar-refractivity contribution in [2.75, 3.05) is 32.4 Å². The summed E-state index contributed by atoms with van der Waals surface area (Å²) < 4.78 is 24.8. The Morgan fingerprint density at radius 1 is 1.17 bits per heavy atom. The van der Waals surface area contributed by atoms with Crippen LogP contribution in [0.1, 0.15) is 52.4 Å². The van der Waals surface area contributed by atoms with Gasteiger partial charge in [-0.1, -0.05) is 6.92 Å². The van der Waals surface area contributed by atoms with Gasteiger partial charge in [-0.05, 0) is 32.3 Å². The third-order valence-corrected chi connectivity index (χ3v) is 5.72. The van der Waals surface area contributed by atoms with Crippen LogP contribution < -0.4 is 0 Å². The van der Waals surface area contributed by atoms with E-state index < -0.39 is 10.0 Å². The molecule has 0 bridgehead atoms. The van der Waals surface area contributed by atoms with Crippen LogP contribution in [0, 0.1) is 6.92 Å². The number of amides is 1. The Morgan fingerprint density at radius 2 is 1.83 bits per heavy atom. The Hall–Kier alpha value is -1.67. The number of ketones is 1. The first-order valence-electron chi connectivity index (χ1n) is 8.13. The molecule has 1 fully saturated rings. The van der Waals surface area contributed by atoms with Gasteiger partial charge in [-0.2, -0.15) is 0 Å². The Morgan fingerprint density at radius 3 is 2.38 bits per heavy atom. The minimum absolute atomic E-state index is 0.0567. The minimum Gasteiger partial charge on any atom is -0.354 e. The molecule has 2 heterocycles. The van der Waals surface area contributed by atoms with Crippen LogP contribution in [0.15, 0.2) is 0 Å². The summed E-state index contributed by atoms with van der Waals surface area (Å²) in [6.07, 6.45) is 2.37. The molecular weight excluding hydrogens is 330 g/mol. The predicted octanol–water partition coefficient (Wildman–Crippen LogP) is 1.20. The number of H-pyrrole nitrogens is 1. The topological polar surface area (TPSA) is 90.6 Å². The molecule has 0 spiro atoms. The number of aryl methyl sites for hydroxylation is 1. The van der Waals surface area contributed by atoms with Gasteiger partial charge in [0.2, 0.25) is 10.0 Å². The van der Waals surface area contributed by atoms with E-state index in [0.29, 0.717) is 56.0 Å². The highest BCUT2D eigenvalue weighted by Gasteiger charge is 2.28. The van der Waals surface area contributed by atoms with E-state index in [1.807, 2.05) is 6.92 Å².